The standard InChI is InChI=1S/C15H18N2S2/c1-2-4-15-12(3-1)7-16-8-13(15)9-17-10-14-11-18-5-6-19-14/h1-4,7-8,14,17H,5-6,9-11H2. The molecule has 0 aliphatic carbocycles. The van der Waals surface area contributed by atoms with Gasteiger partial charge in [-0.2, -0.15) is 23.5 Å². The molecule has 3 rings (SSSR count). The van der Waals surface area contributed by atoms with E-state index in [-0.39, 0.29) is 0 Å². The normalized spacial score (nSPS) is 19.7. The summed E-state index contributed by atoms with van der Waals surface area (Å²) in [5.74, 6) is 3.90. The van der Waals surface area contributed by atoms with Crippen molar-refractivity contribution in [2.24, 2.45) is 0 Å². The Bertz CT molecular complexity index is 533. The number of thioether (sulfide) groups is 2. The number of rotatable bonds is 4. The molecule has 0 radical (unpaired) electrons. The molecule has 1 aliphatic rings. The van der Waals surface area contributed by atoms with Crippen LogP contribution < -0.4 is 5.32 Å². The summed E-state index contributed by atoms with van der Waals surface area (Å²) < 4.78 is 0. The number of hydrogen-bond donors (Lipinski definition) is 1. The maximum Gasteiger partial charge on any atom is 0.0346 e. The zero-order valence-corrected chi connectivity index (χ0v) is 12.5. The molecule has 1 fully saturated rings. The van der Waals surface area contributed by atoms with Gasteiger partial charge in [0.25, 0.3) is 0 Å². The van der Waals surface area contributed by atoms with E-state index in [2.05, 4.69) is 58.1 Å². The van der Waals surface area contributed by atoms with Crippen LogP contribution in [0.1, 0.15) is 5.56 Å². The summed E-state index contributed by atoms with van der Waals surface area (Å²) in [7, 11) is 0. The zero-order valence-electron chi connectivity index (χ0n) is 10.8. The maximum absolute atomic E-state index is 4.33. The van der Waals surface area contributed by atoms with E-state index in [1.54, 1.807) is 0 Å². The van der Waals surface area contributed by atoms with Crippen LogP contribution in [0.5, 0.6) is 0 Å². The van der Waals surface area contributed by atoms with Crippen LogP contribution in [0, 0.1) is 0 Å². The Balaban J connectivity index is 1.62. The molecule has 1 unspecified atom stereocenters. The van der Waals surface area contributed by atoms with E-state index in [0.717, 1.165) is 18.3 Å². The molecule has 1 aliphatic heterocycles. The van der Waals surface area contributed by atoms with Gasteiger partial charge >= 0.3 is 0 Å². The van der Waals surface area contributed by atoms with Crippen LogP contribution in [0.25, 0.3) is 10.8 Å². The summed E-state index contributed by atoms with van der Waals surface area (Å²) >= 11 is 4.18. The van der Waals surface area contributed by atoms with Crippen LogP contribution in [0.2, 0.25) is 0 Å². The minimum absolute atomic E-state index is 0.765. The first-order valence-corrected chi connectivity index (χ1v) is 8.85. The fraction of sp³-hybridized carbons (Fsp3) is 0.400. The summed E-state index contributed by atoms with van der Waals surface area (Å²) in [6, 6.07) is 8.47. The van der Waals surface area contributed by atoms with Crippen molar-refractivity contribution in [3.8, 4) is 0 Å². The number of fused-ring (bicyclic) bond motifs is 1. The smallest absolute Gasteiger partial charge is 0.0346 e. The summed E-state index contributed by atoms with van der Waals surface area (Å²) in [6.07, 6.45) is 3.92. The second-order valence-electron chi connectivity index (χ2n) is 4.72. The summed E-state index contributed by atoms with van der Waals surface area (Å²) in [6.45, 7) is 2.01. The minimum Gasteiger partial charge on any atom is -0.311 e. The summed E-state index contributed by atoms with van der Waals surface area (Å²) in [5, 5.41) is 6.90. The van der Waals surface area contributed by atoms with Gasteiger partial charge in [0, 0.05) is 53.4 Å². The summed E-state index contributed by atoms with van der Waals surface area (Å²) in [4.78, 5) is 4.33. The molecule has 1 atom stereocenters. The number of hydrogen-bond acceptors (Lipinski definition) is 4. The Hall–Kier alpha value is -0.710. The van der Waals surface area contributed by atoms with Gasteiger partial charge in [-0.15, -0.1) is 0 Å². The van der Waals surface area contributed by atoms with Crippen molar-refractivity contribution in [2.45, 2.75) is 11.8 Å². The lowest BCUT2D eigenvalue weighted by atomic mass is 10.1. The molecule has 2 aromatic rings. The van der Waals surface area contributed by atoms with Crippen LogP contribution in [0.4, 0.5) is 0 Å². The highest BCUT2D eigenvalue weighted by atomic mass is 32.2. The van der Waals surface area contributed by atoms with E-state index >= 15 is 0 Å². The molecule has 100 valence electrons. The van der Waals surface area contributed by atoms with Gasteiger partial charge in [-0.05, 0) is 10.9 Å². The number of nitrogens with one attached hydrogen (secondary N) is 1. The third kappa shape index (κ3) is 3.44. The van der Waals surface area contributed by atoms with E-state index in [0.29, 0.717) is 0 Å². The van der Waals surface area contributed by atoms with Crippen molar-refractivity contribution in [3.05, 3.63) is 42.2 Å². The highest BCUT2D eigenvalue weighted by molar-refractivity contribution is 8.06. The molecule has 1 aromatic heterocycles. The fourth-order valence-electron chi connectivity index (χ4n) is 2.34. The Morgan fingerprint density at radius 2 is 2.16 bits per heavy atom. The van der Waals surface area contributed by atoms with E-state index < -0.39 is 0 Å². The van der Waals surface area contributed by atoms with Crippen molar-refractivity contribution < 1.29 is 0 Å². The van der Waals surface area contributed by atoms with Crippen molar-refractivity contribution in [1.82, 2.24) is 10.3 Å². The Kier molecular flexibility index (Phi) is 4.64. The van der Waals surface area contributed by atoms with Crippen molar-refractivity contribution >= 4 is 34.3 Å². The molecule has 1 N–H and O–H groups in total. The highest BCUT2D eigenvalue weighted by Gasteiger charge is 2.13. The predicted molar refractivity (Wildman–Crippen MR) is 87.0 cm³/mol. The molecule has 0 bridgehead atoms. The van der Waals surface area contributed by atoms with Crippen LogP contribution in [-0.2, 0) is 6.54 Å². The molecule has 4 heteroatoms. The fourth-order valence-corrected chi connectivity index (χ4v) is 4.99. The Morgan fingerprint density at radius 3 is 3.05 bits per heavy atom. The monoisotopic (exact) mass is 290 g/mol. The lowest BCUT2D eigenvalue weighted by Gasteiger charge is -2.21. The van der Waals surface area contributed by atoms with Gasteiger partial charge in [-0.25, -0.2) is 0 Å². The highest BCUT2D eigenvalue weighted by Crippen LogP contribution is 2.23. The maximum atomic E-state index is 4.33. The van der Waals surface area contributed by atoms with E-state index in [9.17, 15) is 0 Å². The molecule has 19 heavy (non-hydrogen) atoms. The molecular weight excluding hydrogens is 272 g/mol. The van der Waals surface area contributed by atoms with Gasteiger partial charge in [0.1, 0.15) is 0 Å². The zero-order chi connectivity index (χ0) is 12.9. The van der Waals surface area contributed by atoms with Crippen LogP contribution in [-0.4, -0.2) is 34.0 Å². The SMILES string of the molecule is c1ccc2c(CNCC3CSCCS3)cncc2c1. The molecule has 1 aromatic carbocycles. The third-order valence-corrected chi connectivity index (χ3v) is 6.17. The van der Waals surface area contributed by atoms with Crippen LogP contribution >= 0.6 is 23.5 Å². The largest absolute Gasteiger partial charge is 0.311 e. The van der Waals surface area contributed by atoms with Crippen LogP contribution in [0.15, 0.2) is 36.7 Å². The molecule has 0 spiro atoms. The van der Waals surface area contributed by atoms with Gasteiger partial charge in [-0.3, -0.25) is 4.98 Å². The third-order valence-electron chi connectivity index (χ3n) is 3.32. The lowest BCUT2D eigenvalue weighted by Crippen LogP contribution is -2.28. The molecule has 2 heterocycles. The second-order valence-corrected chi connectivity index (χ2v) is 7.28. The molecular formula is C15H18N2S2. The second kappa shape index (κ2) is 6.64. The van der Waals surface area contributed by atoms with Crippen LogP contribution in [0.3, 0.4) is 0 Å². The number of aromatic nitrogens is 1. The first kappa shape index (κ1) is 13.3. The van der Waals surface area contributed by atoms with Gasteiger partial charge in [0.2, 0.25) is 0 Å². The predicted octanol–water partition coefficient (Wildman–Crippen LogP) is 3.17. The minimum atomic E-state index is 0.765. The van der Waals surface area contributed by atoms with E-state index in [1.807, 2.05) is 12.4 Å². The molecule has 1 saturated heterocycles. The van der Waals surface area contributed by atoms with Gasteiger partial charge in [0.05, 0.1) is 0 Å². The van der Waals surface area contributed by atoms with E-state index in [4.69, 9.17) is 0 Å². The summed E-state index contributed by atoms with van der Waals surface area (Å²) in [5.41, 5.74) is 1.30. The van der Waals surface area contributed by atoms with Crippen molar-refractivity contribution in [2.75, 3.05) is 23.8 Å². The first-order valence-electron chi connectivity index (χ1n) is 6.65. The van der Waals surface area contributed by atoms with Crippen molar-refractivity contribution in [3.63, 3.8) is 0 Å². The average molecular weight is 290 g/mol. The molecule has 2 nitrogen and oxygen atoms in total. The van der Waals surface area contributed by atoms with Crippen molar-refractivity contribution in [1.29, 1.82) is 0 Å². The topological polar surface area (TPSA) is 24.9 Å². The first-order chi connectivity index (χ1) is 9.43. The van der Waals surface area contributed by atoms with Gasteiger partial charge in [-0.1, -0.05) is 24.3 Å². The number of benzene rings is 1. The van der Waals surface area contributed by atoms with Gasteiger partial charge in [0.15, 0.2) is 0 Å². The van der Waals surface area contributed by atoms with E-state index in [1.165, 1.54) is 33.6 Å². The average Bonchev–Trinajstić information content (AvgIpc) is 2.49. The Labute approximate surface area is 122 Å². The lowest BCUT2D eigenvalue weighted by molar-refractivity contribution is 0.687. The molecule has 0 amide bonds. The van der Waals surface area contributed by atoms with Gasteiger partial charge < -0.3 is 5.32 Å². The number of pyridine rings is 1. The number of nitrogens with zero attached hydrogens (tertiary/aromatic N) is 1. The quantitative estimate of drug-likeness (QED) is 0.935. The Morgan fingerprint density at radius 1 is 1.21 bits per heavy atom. The molecule has 0 saturated carbocycles.